The molecule has 6 heteroatoms. The first-order chi connectivity index (χ1) is 8.96. The number of carbonyl (C=O) groups excluding carboxylic acids is 1. The van der Waals surface area contributed by atoms with Crippen molar-refractivity contribution in [2.24, 2.45) is 0 Å². The molecule has 0 atom stereocenters. The van der Waals surface area contributed by atoms with Gasteiger partial charge in [-0.15, -0.1) is 0 Å². The number of halogens is 3. The smallest absolute Gasteiger partial charge is 0.372 e. The average molecular weight is 289 g/mol. The third kappa shape index (κ3) is 4.16. The number of Topliss-reactive ketones (excluding diaryl/α,β-unsaturated/α-hetero) is 1. The predicted octanol–water partition coefficient (Wildman–Crippen LogP) is 3.72. The molecule has 2 nitrogen and oxygen atoms in total. The number of thioether (sulfide) groups is 1. The fraction of sp³-hybridized carbons (Fsp3) is 0.462. The molecule has 0 unspecified atom stereocenters. The lowest BCUT2D eigenvalue weighted by atomic mass is 10.1. The number of benzene rings is 1. The van der Waals surface area contributed by atoms with E-state index in [0.29, 0.717) is 5.56 Å². The van der Waals surface area contributed by atoms with E-state index >= 15 is 0 Å². The monoisotopic (exact) mass is 289 g/mol. The van der Waals surface area contributed by atoms with Crippen molar-refractivity contribution >= 4 is 23.2 Å². The van der Waals surface area contributed by atoms with E-state index in [4.69, 9.17) is 0 Å². The zero-order chi connectivity index (χ0) is 13.9. The molecule has 1 aromatic rings. The molecule has 1 fully saturated rings. The number of ketones is 1. The van der Waals surface area contributed by atoms with Crippen LogP contribution in [0.4, 0.5) is 18.9 Å². The molecule has 1 saturated heterocycles. The van der Waals surface area contributed by atoms with Crippen molar-refractivity contribution in [3.8, 4) is 0 Å². The van der Waals surface area contributed by atoms with E-state index in [2.05, 4.69) is 4.90 Å². The molecule has 0 spiro atoms. The average Bonchev–Trinajstić information content (AvgIpc) is 2.89. The third-order valence-electron chi connectivity index (χ3n) is 3.03. The minimum Gasteiger partial charge on any atom is -0.372 e. The summed E-state index contributed by atoms with van der Waals surface area (Å²) in [4.78, 5) is 13.8. The molecule has 1 aliphatic heterocycles. The van der Waals surface area contributed by atoms with Gasteiger partial charge in [-0.25, -0.2) is 0 Å². The van der Waals surface area contributed by atoms with E-state index in [9.17, 15) is 18.0 Å². The topological polar surface area (TPSA) is 20.3 Å². The van der Waals surface area contributed by atoms with Crippen LogP contribution in [0.2, 0.25) is 0 Å². The van der Waals surface area contributed by atoms with Gasteiger partial charge in [-0.3, -0.25) is 4.79 Å². The Bertz CT molecular complexity index is 438. The van der Waals surface area contributed by atoms with Gasteiger partial charge < -0.3 is 4.90 Å². The van der Waals surface area contributed by atoms with Crippen LogP contribution in [0.25, 0.3) is 0 Å². The quantitative estimate of drug-likeness (QED) is 0.788. The Balaban J connectivity index is 1.95. The molecular formula is C13H14F3NOS. The molecule has 1 aromatic carbocycles. The molecule has 0 aliphatic carbocycles. The van der Waals surface area contributed by atoms with E-state index in [-0.39, 0.29) is 11.8 Å². The molecule has 1 heterocycles. The molecule has 0 saturated carbocycles. The zero-order valence-electron chi connectivity index (χ0n) is 10.2. The summed E-state index contributed by atoms with van der Waals surface area (Å²) in [6, 6.07) is 6.81. The first-order valence-electron chi connectivity index (χ1n) is 6.04. The molecule has 2 rings (SSSR count). The van der Waals surface area contributed by atoms with Gasteiger partial charge in [0, 0.05) is 24.3 Å². The van der Waals surface area contributed by atoms with Crippen LogP contribution in [0.3, 0.4) is 0 Å². The molecule has 104 valence electrons. The largest absolute Gasteiger partial charge is 0.442 e. The highest BCUT2D eigenvalue weighted by Crippen LogP contribution is 2.30. The predicted molar refractivity (Wildman–Crippen MR) is 70.7 cm³/mol. The number of hydrogen-bond donors (Lipinski definition) is 0. The van der Waals surface area contributed by atoms with Crippen molar-refractivity contribution in [3.63, 3.8) is 0 Å². The number of alkyl halides is 3. The lowest BCUT2D eigenvalue weighted by molar-refractivity contribution is -0.0327. The maximum Gasteiger partial charge on any atom is 0.442 e. The van der Waals surface area contributed by atoms with Crippen molar-refractivity contribution in [2.75, 3.05) is 23.7 Å². The van der Waals surface area contributed by atoms with Crippen LogP contribution in [0, 0.1) is 0 Å². The Kier molecular flexibility index (Phi) is 4.39. The second kappa shape index (κ2) is 5.86. The van der Waals surface area contributed by atoms with Crippen LogP contribution in [0.1, 0.15) is 23.2 Å². The molecule has 0 N–H and O–H groups in total. The first kappa shape index (κ1) is 14.2. The number of rotatable bonds is 4. The Hall–Kier alpha value is -1.17. The number of carbonyl (C=O) groups is 1. The van der Waals surface area contributed by atoms with Crippen molar-refractivity contribution < 1.29 is 18.0 Å². The highest BCUT2D eigenvalue weighted by Gasteiger charge is 2.29. The minimum atomic E-state index is -4.36. The zero-order valence-corrected chi connectivity index (χ0v) is 11.1. The molecule has 0 bridgehead atoms. The van der Waals surface area contributed by atoms with Crippen LogP contribution in [-0.4, -0.2) is 30.1 Å². The summed E-state index contributed by atoms with van der Waals surface area (Å²) in [5.41, 5.74) is -3.00. The molecule has 0 aromatic heterocycles. The standard InChI is InChI=1S/C13H14F3NOS/c14-13(15,16)19-9-12(18)10-3-5-11(6-4-10)17-7-1-2-8-17/h3-6H,1-2,7-9H2. The van der Waals surface area contributed by atoms with E-state index in [1.807, 2.05) is 0 Å². The SMILES string of the molecule is O=C(CSC(F)(F)F)c1ccc(N2CCCC2)cc1. The van der Waals surface area contributed by atoms with Gasteiger partial charge in [0.2, 0.25) is 0 Å². The highest BCUT2D eigenvalue weighted by molar-refractivity contribution is 8.00. The van der Waals surface area contributed by atoms with Gasteiger partial charge in [0.15, 0.2) is 5.78 Å². The van der Waals surface area contributed by atoms with E-state index < -0.39 is 17.0 Å². The van der Waals surface area contributed by atoms with Crippen LogP contribution in [0.5, 0.6) is 0 Å². The van der Waals surface area contributed by atoms with Gasteiger partial charge in [-0.2, -0.15) is 13.2 Å². The van der Waals surface area contributed by atoms with Crippen molar-refractivity contribution in [1.82, 2.24) is 0 Å². The first-order valence-corrected chi connectivity index (χ1v) is 7.03. The second-order valence-corrected chi connectivity index (χ2v) is 5.44. The number of nitrogens with zero attached hydrogens (tertiary/aromatic N) is 1. The van der Waals surface area contributed by atoms with Crippen molar-refractivity contribution in [2.45, 2.75) is 18.3 Å². The summed E-state index contributed by atoms with van der Waals surface area (Å²) >= 11 is -0.294. The van der Waals surface area contributed by atoms with Gasteiger partial charge >= 0.3 is 5.51 Å². The summed E-state index contributed by atoms with van der Waals surface area (Å²) in [6.07, 6.45) is 2.31. The van der Waals surface area contributed by atoms with Gasteiger partial charge in [0.1, 0.15) is 0 Å². The lowest BCUT2D eigenvalue weighted by Crippen LogP contribution is -2.17. The van der Waals surface area contributed by atoms with Gasteiger partial charge in [-0.05, 0) is 48.9 Å². The van der Waals surface area contributed by atoms with Crippen LogP contribution >= 0.6 is 11.8 Å². The fourth-order valence-electron chi connectivity index (χ4n) is 2.06. The third-order valence-corrected chi connectivity index (χ3v) is 3.76. The molecule has 0 radical (unpaired) electrons. The van der Waals surface area contributed by atoms with Gasteiger partial charge in [0.05, 0.1) is 5.75 Å². The molecule has 0 amide bonds. The Morgan fingerprint density at radius 1 is 1.16 bits per heavy atom. The van der Waals surface area contributed by atoms with E-state index in [0.717, 1.165) is 31.6 Å². The summed E-state index contributed by atoms with van der Waals surface area (Å²) in [5.74, 6) is -1.05. The van der Waals surface area contributed by atoms with Crippen LogP contribution in [-0.2, 0) is 0 Å². The van der Waals surface area contributed by atoms with Crippen molar-refractivity contribution in [3.05, 3.63) is 29.8 Å². The lowest BCUT2D eigenvalue weighted by Gasteiger charge is -2.17. The maximum atomic E-state index is 12.0. The van der Waals surface area contributed by atoms with Crippen LogP contribution in [0.15, 0.2) is 24.3 Å². The van der Waals surface area contributed by atoms with E-state index in [1.54, 1.807) is 24.3 Å². The normalized spacial score (nSPS) is 15.8. The molecule has 19 heavy (non-hydrogen) atoms. The van der Waals surface area contributed by atoms with Gasteiger partial charge in [0.25, 0.3) is 0 Å². The second-order valence-electron chi connectivity index (χ2n) is 4.40. The highest BCUT2D eigenvalue weighted by atomic mass is 32.2. The molecule has 1 aliphatic rings. The summed E-state index contributed by atoms with van der Waals surface area (Å²) in [5, 5.41) is 0. The van der Waals surface area contributed by atoms with Crippen LogP contribution < -0.4 is 4.90 Å². The summed E-state index contributed by atoms with van der Waals surface area (Å²) in [7, 11) is 0. The Morgan fingerprint density at radius 2 is 1.74 bits per heavy atom. The van der Waals surface area contributed by atoms with Crippen molar-refractivity contribution in [1.29, 1.82) is 0 Å². The molecular weight excluding hydrogens is 275 g/mol. The van der Waals surface area contributed by atoms with E-state index in [1.165, 1.54) is 0 Å². The van der Waals surface area contributed by atoms with Gasteiger partial charge in [-0.1, -0.05) is 0 Å². The summed E-state index contributed by atoms with van der Waals surface area (Å²) in [6.45, 7) is 1.99. The summed E-state index contributed by atoms with van der Waals surface area (Å²) < 4.78 is 36.0. The number of anilines is 1. The minimum absolute atomic E-state index is 0.294. The number of hydrogen-bond acceptors (Lipinski definition) is 3. The fourth-order valence-corrected chi connectivity index (χ4v) is 2.53. The Labute approximate surface area is 114 Å². The maximum absolute atomic E-state index is 12.0. The Morgan fingerprint density at radius 3 is 2.26 bits per heavy atom.